The van der Waals surface area contributed by atoms with Gasteiger partial charge < -0.3 is 9.64 Å². The van der Waals surface area contributed by atoms with Crippen LogP contribution in [0.25, 0.3) is 12.2 Å². The van der Waals surface area contributed by atoms with Crippen LogP contribution in [0.5, 0.6) is 0 Å². The molecule has 0 unspecified atom stereocenters. The lowest BCUT2D eigenvalue weighted by Gasteiger charge is -2.26. The van der Waals surface area contributed by atoms with E-state index >= 15 is 0 Å². The van der Waals surface area contributed by atoms with Crippen molar-refractivity contribution in [2.75, 3.05) is 12.0 Å². The Kier molecular flexibility index (Phi) is 5.60. The molecule has 0 fully saturated rings. The number of halogens is 1. The molecule has 132 valence electrons. The lowest BCUT2D eigenvalue weighted by Crippen LogP contribution is -2.31. The first-order chi connectivity index (χ1) is 12.6. The Labute approximate surface area is 158 Å². The van der Waals surface area contributed by atoms with Crippen LogP contribution in [0, 0.1) is 12.1 Å². The van der Waals surface area contributed by atoms with Crippen LogP contribution in [-0.4, -0.2) is 19.0 Å². The highest BCUT2D eigenvalue weighted by Gasteiger charge is 2.21. The van der Waals surface area contributed by atoms with Gasteiger partial charge in [0, 0.05) is 23.4 Å². The molecular weight excluding hydrogens is 350 g/mol. The zero-order valence-electron chi connectivity index (χ0n) is 14.4. The number of carbonyl (C=O) groups is 2. The van der Waals surface area contributed by atoms with Crippen molar-refractivity contribution in [3.8, 4) is 0 Å². The summed E-state index contributed by atoms with van der Waals surface area (Å²) in [7, 11) is 1.35. The number of esters is 1. The van der Waals surface area contributed by atoms with Gasteiger partial charge in [0.2, 0.25) is 5.91 Å². The summed E-state index contributed by atoms with van der Waals surface area (Å²) in [4.78, 5) is 25.9. The van der Waals surface area contributed by atoms with Crippen LogP contribution in [0.1, 0.15) is 36.0 Å². The summed E-state index contributed by atoms with van der Waals surface area (Å²) < 4.78 is 4.63. The van der Waals surface area contributed by atoms with Gasteiger partial charge in [0.1, 0.15) is 0 Å². The van der Waals surface area contributed by atoms with Gasteiger partial charge in [-0.2, -0.15) is 0 Å². The third-order valence-electron chi connectivity index (χ3n) is 4.26. The number of anilines is 1. The molecule has 26 heavy (non-hydrogen) atoms. The van der Waals surface area contributed by atoms with Gasteiger partial charge in [0.15, 0.2) is 0 Å². The van der Waals surface area contributed by atoms with Crippen molar-refractivity contribution in [2.45, 2.75) is 25.8 Å². The molecule has 1 amide bonds. The summed E-state index contributed by atoms with van der Waals surface area (Å²) in [5.41, 5.74) is 3.54. The number of nitrogens with zero attached hydrogens (tertiary/aromatic N) is 1. The molecule has 1 heterocycles. The predicted molar refractivity (Wildman–Crippen MR) is 102 cm³/mol. The SMILES string of the molecule is COC(=O)CCCC(=O)N1Cc2ccc(Cl)cc2/C=C\c2c#cccc21. The van der Waals surface area contributed by atoms with E-state index in [2.05, 4.69) is 16.9 Å². The smallest absolute Gasteiger partial charge is 0.305 e. The maximum Gasteiger partial charge on any atom is 0.305 e. The fourth-order valence-electron chi connectivity index (χ4n) is 2.89. The minimum Gasteiger partial charge on any atom is -0.469 e. The maximum atomic E-state index is 12.9. The second-order valence-electron chi connectivity index (χ2n) is 5.99. The Balaban J connectivity index is 1.90. The molecule has 0 N–H and O–H groups in total. The number of hydrogen-bond acceptors (Lipinski definition) is 3. The number of rotatable bonds is 4. The van der Waals surface area contributed by atoms with Crippen LogP contribution in [0.2, 0.25) is 5.02 Å². The van der Waals surface area contributed by atoms with Crippen molar-refractivity contribution in [3.05, 3.63) is 64.2 Å². The Bertz CT molecular complexity index is 860. The van der Waals surface area contributed by atoms with Crippen molar-refractivity contribution in [2.24, 2.45) is 0 Å². The Morgan fingerprint density at radius 1 is 1.23 bits per heavy atom. The van der Waals surface area contributed by atoms with Crippen LogP contribution in [-0.2, 0) is 20.9 Å². The van der Waals surface area contributed by atoms with Crippen LogP contribution in [0.3, 0.4) is 0 Å². The number of methoxy groups -OCH3 is 1. The van der Waals surface area contributed by atoms with Gasteiger partial charge in [-0.3, -0.25) is 9.59 Å². The first kappa shape index (κ1) is 18.0. The van der Waals surface area contributed by atoms with E-state index in [1.165, 1.54) is 7.11 Å². The van der Waals surface area contributed by atoms with E-state index in [4.69, 9.17) is 11.6 Å². The molecule has 0 saturated heterocycles. The summed E-state index contributed by atoms with van der Waals surface area (Å²) in [6.45, 7) is 0.429. The average Bonchev–Trinajstić information content (AvgIpc) is 2.64. The highest BCUT2D eigenvalue weighted by atomic mass is 35.5. The number of hydrogen-bond donors (Lipinski definition) is 0. The van der Waals surface area contributed by atoms with Gasteiger partial charge in [-0.1, -0.05) is 35.9 Å². The van der Waals surface area contributed by atoms with Crippen LogP contribution in [0.4, 0.5) is 5.69 Å². The zero-order chi connectivity index (χ0) is 18.5. The highest BCUT2D eigenvalue weighted by Crippen LogP contribution is 2.29. The Morgan fingerprint density at radius 2 is 2.08 bits per heavy atom. The monoisotopic (exact) mass is 367 g/mol. The molecule has 5 heteroatoms. The number of carbonyl (C=O) groups excluding carboxylic acids is 2. The van der Waals surface area contributed by atoms with E-state index in [9.17, 15) is 9.59 Å². The molecule has 0 aliphatic carbocycles. The quantitative estimate of drug-likeness (QED) is 0.757. The fraction of sp³-hybridized carbons (Fsp3) is 0.238. The normalized spacial score (nSPS) is 13.5. The van der Waals surface area contributed by atoms with Gasteiger partial charge in [0.25, 0.3) is 0 Å². The van der Waals surface area contributed by atoms with Crippen molar-refractivity contribution >= 4 is 41.3 Å². The molecule has 2 aromatic rings. The molecule has 0 atom stereocenters. The van der Waals surface area contributed by atoms with E-state index in [1.807, 2.05) is 36.4 Å². The molecule has 0 saturated carbocycles. The van der Waals surface area contributed by atoms with Gasteiger partial charge >= 0.3 is 5.97 Å². The lowest BCUT2D eigenvalue weighted by molar-refractivity contribution is -0.140. The van der Waals surface area contributed by atoms with E-state index in [-0.39, 0.29) is 24.7 Å². The molecule has 0 radical (unpaired) electrons. The number of fused-ring (bicyclic) bond motifs is 2. The number of ether oxygens (including phenoxy) is 1. The predicted octanol–water partition coefficient (Wildman–Crippen LogP) is 4.30. The van der Waals surface area contributed by atoms with Crippen molar-refractivity contribution in [1.29, 1.82) is 0 Å². The summed E-state index contributed by atoms with van der Waals surface area (Å²) >= 11 is 6.11. The van der Waals surface area contributed by atoms with Gasteiger partial charge in [-0.05, 0) is 47.9 Å². The molecule has 1 aliphatic rings. The number of benzene rings is 1. The second kappa shape index (κ2) is 8.07. The first-order valence-corrected chi connectivity index (χ1v) is 8.72. The third kappa shape index (κ3) is 4.07. The Morgan fingerprint density at radius 3 is 2.88 bits per heavy atom. The fourth-order valence-corrected chi connectivity index (χ4v) is 3.07. The summed E-state index contributed by atoms with van der Waals surface area (Å²) in [6.07, 6.45) is 4.82. The zero-order valence-corrected chi connectivity index (χ0v) is 15.2. The van der Waals surface area contributed by atoms with E-state index in [0.717, 1.165) is 22.4 Å². The topological polar surface area (TPSA) is 46.6 Å². The minimum atomic E-state index is -0.309. The molecule has 0 bridgehead atoms. The van der Waals surface area contributed by atoms with Gasteiger partial charge in [0.05, 0.1) is 19.3 Å². The van der Waals surface area contributed by atoms with Gasteiger partial charge in [-0.25, -0.2) is 0 Å². The summed E-state index contributed by atoms with van der Waals surface area (Å²) in [6, 6.07) is 15.2. The summed E-state index contributed by atoms with van der Waals surface area (Å²) in [5.74, 6) is -0.359. The first-order valence-electron chi connectivity index (χ1n) is 8.34. The van der Waals surface area contributed by atoms with Gasteiger partial charge in [-0.15, -0.1) is 0 Å². The van der Waals surface area contributed by atoms with E-state index in [0.29, 0.717) is 18.0 Å². The Hall–Kier alpha value is -2.77. The van der Waals surface area contributed by atoms with E-state index < -0.39 is 0 Å². The second-order valence-corrected chi connectivity index (χ2v) is 6.42. The van der Waals surface area contributed by atoms with Crippen LogP contribution in [0.15, 0.2) is 30.3 Å². The van der Waals surface area contributed by atoms with Crippen LogP contribution < -0.4 is 4.90 Å². The van der Waals surface area contributed by atoms with Crippen molar-refractivity contribution in [1.82, 2.24) is 0 Å². The molecule has 1 aliphatic heterocycles. The van der Waals surface area contributed by atoms with Crippen molar-refractivity contribution < 1.29 is 14.3 Å². The highest BCUT2D eigenvalue weighted by molar-refractivity contribution is 6.30. The largest absolute Gasteiger partial charge is 0.469 e. The van der Waals surface area contributed by atoms with Crippen molar-refractivity contribution in [3.63, 3.8) is 0 Å². The molecule has 0 spiro atoms. The average molecular weight is 368 g/mol. The third-order valence-corrected chi connectivity index (χ3v) is 4.50. The molecule has 2 aromatic carbocycles. The summed E-state index contributed by atoms with van der Waals surface area (Å²) in [5, 5.41) is 0.647. The minimum absolute atomic E-state index is 0.0500. The maximum absolute atomic E-state index is 12.9. The molecule has 4 nitrogen and oxygen atoms in total. The molecule has 3 rings (SSSR count). The number of amides is 1. The van der Waals surface area contributed by atoms with E-state index in [1.54, 1.807) is 11.0 Å². The standard InChI is InChI=1S/C21H18ClNO3/c1-26-21(25)8-4-7-20(24)23-14-17-11-12-18(22)13-16(17)10-9-15-5-2-3-6-19(15)23/h3,6,9-13H,4,7-8,14H2,1H3/b10-9-. The molecule has 0 aromatic heterocycles. The lowest BCUT2D eigenvalue weighted by atomic mass is 10.0. The van der Waals surface area contributed by atoms with Crippen LogP contribution >= 0.6 is 11.6 Å². The molecular formula is C21H18ClNO3.